The van der Waals surface area contributed by atoms with Crippen molar-refractivity contribution in [2.75, 3.05) is 26.1 Å². The highest BCUT2D eigenvalue weighted by Crippen LogP contribution is 2.34. The number of anilines is 1. The van der Waals surface area contributed by atoms with Gasteiger partial charge in [0.15, 0.2) is 0 Å². The average Bonchev–Trinajstić information content (AvgIpc) is 2.41. The zero-order valence-corrected chi connectivity index (χ0v) is 11.2. The van der Waals surface area contributed by atoms with Crippen molar-refractivity contribution in [2.24, 2.45) is 0 Å². The number of nitrogens with two attached hydrogens (primary N) is 1. The van der Waals surface area contributed by atoms with Crippen molar-refractivity contribution in [2.45, 2.75) is 23.0 Å². The standard InChI is InChI=1S/C13H17NO3S/c1-16-13(15)9-2-3-11(14)12(8-9)18-10-4-6-17-7-5-10/h2-3,8,10H,4-7,14H2,1H3. The van der Waals surface area contributed by atoms with Crippen LogP contribution in [0.2, 0.25) is 0 Å². The van der Waals surface area contributed by atoms with Crippen LogP contribution >= 0.6 is 11.8 Å². The van der Waals surface area contributed by atoms with E-state index in [0.717, 1.165) is 31.0 Å². The number of carbonyl (C=O) groups is 1. The molecule has 0 saturated carbocycles. The number of esters is 1. The summed E-state index contributed by atoms with van der Waals surface area (Å²) in [5.41, 5.74) is 7.19. The van der Waals surface area contributed by atoms with E-state index >= 15 is 0 Å². The van der Waals surface area contributed by atoms with Gasteiger partial charge in [-0.1, -0.05) is 0 Å². The second-order valence-corrected chi connectivity index (χ2v) is 5.52. The van der Waals surface area contributed by atoms with Gasteiger partial charge in [0.25, 0.3) is 0 Å². The van der Waals surface area contributed by atoms with Gasteiger partial charge in [-0.15, -0.1) is 11.8 Å². The van der Waals surface area contributed by atoms with E-state index in [1.165, 1.54) is 7.11 Å². The summed E-state index contributed by atoms with van der Waals surface area (Å²) < 4.78 is 10.0. The van der Waals surface area contributed by atoms with Crippen molar-refractivity contribution < 1.29 is 14.3 Å². The summed E-state index contributed by atoms with van der Waals surface area (Å²) in [6.45, 7) is 1.60. The van der Waals surface area contributed by atoms with E-state index in [9.17, 15) is 4.79 Å². The number of nitrogen functional groups attached to an aromatic ring is 1. The Labute approximate surface area is 111 Å². The maximum Gasteiger partial charge on any atom is 0.337 e. The molecule has 4 nitrogen and oxygen atoms in total. The Hall–Kier alpha value is -1.20. The minimum atomic E-state index is -0.330. The van der Waals surface area contributed by atoms with Crippen LogP contribution < -0.4 is 5.73 Å². The average molecular weight is 267 g/mol. The minimum Gasteiger partial charge on any atom is -0.465 e. The molecule has 0 bridgehead atoms. The van der Waals surface area contributed by atoms with Crippen LogP contribution in [0.3, 0.4) is 0 Å². The molecular formula is C13H17NO3S. The van der Waals surface area contributed by atoms with E-state index in [1.54, 1.807) is 30.0 Å². The molecule has 1 aliphatic rings. The van der Waals surface area contributed by atoms with E-state index in [2.05, 4.69) is 0 Å². The maximum atomic E-state index is 11.5. The molecule has 0 spiro atoms. The number of hydrogen-bond acceptors (Lipinski definition) is 5. The molecular weight excluding hydrogens is 250 g/mol. The SMILES string of the molecule is COC(=O)c1ccc(N)c(SC2CCOCC2)c1. The number of hydrogen-bond donors (Lipinski definition) is 1. The van der Waals surface area contributed by atoms with Crippen LogP contribution in [0.15, 0.2) is 23.1 Å². The molecule has 0 aliphatic carbocycles. The Morgan fingerprint density at radius 2 is 2.17 bits per heavy atom. The summed E-state index contributed by atoms with van der Waals surface area (Å²) in [6, 6.07) is 5.25. The van der Waals surface area contributed by atoms with Gasteiger partial charge in [-0.2, -0.15) is 0 Å². The third kappa shape index (κ3) is 3.17. The van der Waals surface area contributed by atoms with Gasteiger partial charge in [-0.25, -0.2) is 4.79 Å². The van der Waals surface area contributed by atoms with Crippen LogP contribution in [0.25, 0.3) is 0 Å². The zero-order chi connectivity index (χ0) is 13.0. The first-order valence-electron chi connectivity index (χ1n) is 5.93. The first-order chi connectivity index (χ1) is 8.70. The fourth-order valence-electron chi connectivity index (χ4n) is 1.85. The molecule has 0 unspecified atom stereocenters. The van der Waals surface area contributed by atoms with Gasteiger partial charge in [-0.05, 0) is 31.0 Å². The first kappa shape index (κ1) is 13.2. The number of methoxy groups -OCH3 is 1. The summed E-state index contributed by atoms with van der Waals surface area (Å²) in [5.74, 6) is -0.330. The fourth-order valence-corrected chi connectivity index (χ4v) is 3.04. The summed E-state index contributed by atoms with van der Waals surface area (Å²) in [5, 5.41) is 0.508. The lowest BCUT2D eigenvalue weighted by Gasteiger charge is -2.22. The Bertz CT molecular complexity index is 430. The molecule has 18 heavy (non-hydrogen) atoms. The van der Waals surface area contributed by atoms with Gasteiger partial charge < -0.3 is 15.2 Å². The lowest BCUT2D eigenvalue weighted by atomic mass is 10.2. The van der Waals surface area contributed by atoms with Crippen LogP contribution in [0.4, 0.5) is 5.69 Å². The quantitative estimate of drug-likeness (QED) is 0.672. The predicted molar refractivity (Wildman–Crippen MR) is 71.9 cm³/mol. The molecule has 1 aliphatic heterocycles. The topological polar surface area (TPSA) is 61.5 Å². The lowest BCUT2D eigenvalue weighted by Crippen LogP contribution is -2.17. The number of carbonyl (C=O) groups excluding carboxylic acids is 1. The van der Waals surface area contributed by atoms with Crippen LogP contribution in [-0.2, 0) is 9.47 Å². The molecule has 0 radical (unpaired) electrons. The van der Waals surface area contributed by atoms with Crippen molar-refractivity contribution in [1.82, 2.24) is 0 Å². The van der Waals surface area contributed by atoms with Crippen LogP contribution in [0, 0.1) is 0 Å². The molecule has 0 amide bonds. The smallest absolute Gasteiger partial charge is 0.337 e. The van der Waals surface area contributed by atoms with Crippen LogP contribution in [0.1, 0.15) is 23.2 Å². The maximum absolute atomic E-state index is 11.5. The second kappa shape index (κ2) is 6.11. The van der Waals surface area contributed by atoms with Crippen LogP contribution in [0.5, 0.6) is 0 Å². The number of ether oxygens (including phenoxy) is 2. The largest absolute Gasteiger partial charge is 0.465 e. The molecule has 1 heterocycles. The Balaban J connectivity index is 2.12. The monoisotopic (exact) mass is 267 g/mol. The molecule has 5 heteroatoms. The molecule has 1 saturated heterocycles. The highest BCUT2D eigenvalue weighted by molar-refractivity contribution is 8.00. The summed E-state index contributed by atoms with van der Waals surface area (Å²) in [6.07, 6.45) is 2.04. The highest BCUT2D eigenvalue weighted by Gasteiger charge is 2.17. The summed E-state index contributed by atoms with van der Waals surface area (Å²) in [7, 11) is 1.38. The third-order valence-corrected chi connectivity index (χ3v) is 4.31. The van der Waals surface area contributed by atoms with E-state index in [0.29, 0.717) is 16.5 Å². The van der Waals surface area contributed by atoms with Gasteiger partial charge >= 0.3 is 5.97 Å². The van der Waals surface area contributed by atoms with E-state index in [1.807, 2.05) is 0 Å². The Kier molecular flexibility index (Phi) is 4.49. The van der Waals surface area contributed by atoms with Gasteiger partial charge in [0, 0.05) is 29.0 Å². The van der Waals surface area contributed by atoms with E-state index in [-0.39, 0.29) is 5.97 Å². The van der Waals surface area contributed by atoms with Crippen LogP contribution in [-0.4, -0.2) is 31.5 Å². The fraction of sp³-hybridized carbons (Fsp3) is 0.462. The van der Waals surface area contributed by atoms with Crippen molar-refractivity contribution in [3.63, 3.8) is 0 Å². The Morgan fingerprint density at radius 3 is 2.83 bits per heavy atom. The number of benzene rings is 1. The Morgan fingerprint density at radius 1 is 1.44 bits per heavy atom. The molecule has 1 fully saturated rings. The molecule has 2 N–H and O–H groups in total. The second-order valence-electron chi connectivity index (χ2n) is 4.17. The lowest BCUT2D eigenvalue weighted by molar-refractivity contribution is 0.0600. The molecule has 2 rings (SSSR count). The zero-order valence-electron chi connectivity index (χ0n) is 10.3. The van der Waals surface area contributed by atoms with E-state index in [4.69, 9.17) is 15.2 Å². The first-order valence-corrected chi connectivity index (χ1v) is 6.81. The minimum absolute atomic E-state index is 0.330. The third-order valence-electron chi connectivity index (χ3n) is 2.90. The predicted octanol–water partition coefficient (Wildman–Crippen LogP) is 2.33. The molecule has 1 aromatic rings. The van der Waals surface area contributed by atoms with Gasteiger partial charge in [-0.3, -0.25) is 0 Å². The molecule has 1 aromatic carbocycles. The van der Waals surface area contributed by atoms with Crippen molar-refractivity contribution in [3.05, 3.63) is 23.8 Å². The van der Waals surface area contributed by atoms with Gasteiger partial charge in [0.05, 0.1) is 12.7 Å². The number of rotatable bonds is 3. The summed E-state index contributed by atoms with van der Waals surface area (Å²) in [4.78, 5) is 12.4. The van der Waals surface area contributed by atoms with Crippen molar-refractivity contribution in [3.8, 4) is 0 Å². The van der Waals surface area contributed by atoms with Crippen molar-refractivity contribution in [1.29, 1.82) is 0 Å². The molecule has 0 atom stereocenters. The van der Waals surface area contributed by atoms with Gasteiger partial charge in [0.1, 0.15) is 0 Å². The van der Waals surface area contributed by atoms with Crippen molar-refractivity contribution >= 4 is 23.4 Å². The van der Waals surface area contributed by atoms with E-state index < -0.39 is 0 Å². The molecule has 98 valence electrons. The normalized spacial score (nSPS) is 16.5. The molecule has 0 aromatic heterocycles. The summed E-state index contributed by atoms with van der Waals surface area (Å²) >= 11 is 1.72. The number of thioether (sulfide) groups is 1. The van der Waals surface area contributed by atoms with Gasteiger partial charge in [0.2, 0.25) is 0 Å². The highest BCUT2D eigenvalue weighted by atomic mass is 32.2.